The predicted molar refractivity (Wildman–Crippen MR) is 135 cm³/mol. The third-order valence-corrected chi connectivity index (χ3v) is 6.77. The van der Waals surface area contributed by atoms with E-state index in [2.05, 4.69) is 27.0 Å². The van der Waals surface area contributed by atoms with Gasteiger partial charge < -0.3 is 14.5 Å². The molecule has 0 bridgehead atoms. The molecule has 8 nitrogen and oxygen atoms in total. The molecule has 6 rings (SSSR count). The molecule has 0 atom stereocenters. The van der Waals surface area contributed by atoms with Crippen molar-refractivity contribution in [2.24, 2.45) is 0 Å². The molecule has 8 heteroatoms. The molecule has 1 amide bonds. The lowest BCUT2D eigenvalue weighted by molar-refractivity contribution is -0.121. The van der Waals surface area contributed by atoms with E-state index in [0.717, 1.165) is 36.0 Å². The Kier molecular flexibility index (Phi) is 5.41. The second-order valence-electron chi connectivity index (χ2n) is 8.91. The maximum absolute atomic E-state index is 13.3. The van der Waals surface area contributed by atoms with Crippen molar-refractivity contribution < 1.29 is 4.79 Å². The summed E-state index contributed by atoms with van der Waals surface area (Å²) in [6, 6.07) is 15.8. The maximum Gasteiger partial charge on any atom is 0.261 e. The van der Waals surface area contributed by atoms with Gasteiger partial charge in [-0.2, -0.15) is 0 Å². The molecule has 0 saturated carbocycles. The van der Waals surface area contributed by atoms with E-state index in [9.17, 15) is 9.59 Å². The number of hydrogen-bond acceptors (Lipinski definition) is 4. The van der Waals surface area contributed by atoms with E-state index in [1.807, 2.05) is 47.2 Å². The van der Waals surface area contributed by atoms with Crippen LogP contribution >= 0.6 is 0 Å². The van der Waals surface area contributed by atoms with Crippen molar-refractivity contribution in [3.05, 3.63) is 83.2 Å². The van der Waals surface area contributed by atoms with Gasteiger partial charge in [-0.05, 0) is 36.6 Å². The molecular formula is C27H26N6O2. The fraction of sp³-hybridized carbons (Fsp3) is 0.259. The lowest BCUT2D eigenvalue weighted by Gasteiger charge is -2.21. The maximum atomic E-state index is 13.3. The van der Waals surface area contributed by atoms with Gasteiger partial charge in [0.2, 0.25) is 5.91 Å². The van der Waals surface area contributed by atoms with Gasteiger partial charge >= 0.3 is 0 Å². The number of amides is 1. The van der Waals surface area contributed by atoms with Crippen LogP contribution < -0.4 is 10.9 Å². The minimum absolute atomic E-state index is 0.0105. The summed E-state index contributed by atoms with van der Waals surface area (Å²) in [6.07, 6.45) is 7.41. The smallest absolute Gasteiger partial charge is 0.261 e. The summed E-state index contributed by atoms with van der Waals surface area (Å²) < 4.78 is 5.96. The Balaban J connectivity index is 1.30. The number of aromatic nitrogens is 5. The number of fused-ring (bicyclic) bond motifs is 6. The van der Waals surface area contributed by atoms with Gasteiger partial charge in [-0.3, -0.25) is 14.2 Å². The molecule has 0 saturated heterocycles. The molecule has 0 spiro atoms. The first-order chi connectivity index (χ1) is 17.2. The number of nitrogens with one attached hydrogen (secondary N) is 1. The Morgan fingerprint density at radius 1 is 1.03 bits per heavy atom. The van der Waals surface area contributed by atoms with Gasteiger partial charge in [0, 0.05) is 55.9 Å². The van der Waals surface area contributed by atoms with E-state index >= 15 is 0 Å². The fourth-order valence-corrected chi connectivity index (χ4v) is 5.11. The number of rotatable bonds is 7. The molecule has 176 valence electrons. The molecule has 0 fully saturated rings. The van der Waals surface area contributed by atoms with Crippen LogP contribution in [0.3, 0.4) is 0 Å². The number of benzene rings is 2. The average Bonchev–Trinajstić information content (AvgIpc) is 3.52. The Morgan fingerprint density at radius 2 is 1.86 bits per heavy atom. The van der Waals surface area contributed by atoms with Crippen molar-refractivity contribution in [3.8, 4) is 11.5 Å². The number of imidazole rings is 1. The Bertz CT molecular complexity index is 1600. The van der Waals surface area contributed by atoms with Gasteiger partial charge in [-0.25, -0.2) is 9.97 Å². The number of aryl methyl sites for hydroxylation is 3. The fourth-order valence-electron chi connectivity index (χ4n) is 5.11. The molecule has 5 aromatic rings. The van der Waals surface area contributed by atoms with Crippen LogP contribution in [0.5, 0.6) is 0 Å². The van der Waals surface area contributed by atoms with Crippen LogP contribution in [-0.4, -0.2) is 36.1 Å². The van der Waals surface area contributed by atoms with Gasteiger partial charge in [-0.15, -0.1) is 0 Å². The van der Waals surface area contributed by atoms with E-state index in [1.54, 1.807) is 17.1 Å². The lowest BCUT2D eigenvalue weighted by Crippen LogP contribution is -2.29. The predicted octanol–water partition coefficient (Wildman–Crippen LogP) is 3.37. The summed E-state index contributed by atoms with van der Waals surface area (Å²) >= 11 is 0. The van der Waals surface area contributed by atoms with E-state index in [4.69, 9.17) is 4.98 Å². The van der Waals surface area contributed by atoms with Crippen LogP contribution in [0.25, 0.3) is 33.3 Å². The lowest BCUT2D eigenvalue weighted by atomic mass is 10.0. The monoisotopic (exact) mass is 466 g/mol. The van der Waals surface area contributed by atoms with Crippen LogP contribution in [0.2, 0.25) is 0 Å². The highest BCUT2D eigenvalue weighted by Gasteiger charge is 2.27. The second-order valence-corrected chi connectivity index (χ2v) is 8.91. The summed E-state index contributed by atoms with van der Waals surface area (Å²) in [5.74, 6) is 0.703. The van der Waals surface area contributed by atoms with Gasteiger partial charge in [0.25, 0.3) is 5.56 Å². The van der Waals surface area contributed by atoms with Gasteiger partial charge in [0.15, 0.2) is 5.82 Å². The highest BCUT2D eigenvalue weighted by Crippen LogP contribution is 2.36. The third kappa shape index (κ3) is 3.80. The number of carbonyl (C=O) groups excluding carboxylic acids is 1. The van der Waals surface area contributed by atoms with Crippen LogP contribution in [0.4, 0.5) is 0 Å². The quantitative estimate of drug-likeness (QED) is 0.373. The first kappa shape index (κ1) is 21.3. The largest absolute Gasteiger partial charge is 0.356 e. The summed E-state index contributed by atoms with van der Waals surface area (Å²) in [5.41, 5.74) is 3.91. The van der Waals surface area contributed by atoms with Gasteiger partial charge in [0.05, 0.1) is 22.9 Å². The van der Waals surface area contributed by atoms with Crippen molar-refractivity contribution in [1.82, 2.24) is 29.0 Å². The number of para-hydroxylation sites is 2. The molecule has 0 aliphatic carbocycles. The van der Waals surface area contributed by atoms with Crippen LogP contribution in [0, 0.1) is 0 Å². The molecule has 3 aromatic heterocycles. The van der Waals surface area contributed by atoms with Crippen molar-refractivity contribution >= 4 is 27.7 Å². The molecule has 0 unspecified atom stereocenters. The minimum Gasteiger partial charge on any atom is -0.356 e. The van der Waals surface area contributed by atoms with Crippen molar-refractivity contribution in [3.63, 3.8) is 0 Å². The topological polar surface area (TPSA) is 86.7 Å². The van der Waals surface area contributed by atoms with Crippen molar-refractivity contribution in [2.75, 3.05) is 6.54 Å². The molecular weight excluding hydrogens is 440 g/mol. The van der Waals surface area contributed by atoms with E-state index in [0.29, 0.717) is 42.8 Å². The summed E-state index contributed by atoms with van der Waals surface area (Å²) in [5, 5.41) is 4.83. The highest BCUT2D eigenvalue weighted by atomic mass is 16.1. The number of hydrogen-bond donors (Lipinski definition) is 1. The zero-order chi connectivity index (χ0) is 23.8. The van der Waals surface area contributed by atoms with Crippen molar-refractivity contribution in [2.45, 2.75) is 38.9 Å². The first-order valence-corrected chi connectivity index (χ1v) is 12.0. The molecule has 1 aliphatic heterocycles. The third-order valence-electron chi connectivity index (χ3n) is 6.77. The molecule has 4 heterocycles. The molecule has 1 aliphatic rings. The van der Waals surface area contributed by atoms with E-state index in [-0.39, 0.29) is 11.5 Å². The summed E-state index contributed by atoms with van der Waals surface area (Å²) in [7, 11) is 0. The van der Waals surface area contributed by atoms with Crippen molar-refractivity contribution in [1.29, 1.82) is 0 Å². The minimum atomic E-state index is -0.0105. The van der Waals surface area contributed by atoms with E-state index < -0.39 is 0 Å². The van der Waals surface area contributed by atoms with Gasteiger partial charge in [-0.1, -0.05) is 30.3 Å². The van der Waals surface area contributed by atoms with Crippen LogP contribution in [0.1, 0.15) is 18.4 Å². The normalized spacial score (nSPS) is 12.6. The highest BCUT2D eigenvalue weighted by molar-refractivity contribution is 5.92. The molecule has 1 N–H and O–H groups in total. The summed E-state index contributed by atoms with van der Waals surface area (Å²) in [4.78, 5) is 34.9. The molecule has 0 radical (unpaired) electrons. The Morgan fingerprint density at radius 3 is 2.71 bits per heavy atom. The summed E-state index contributed by atoms with van der Waals surface area (Å²) in [6.45, 7) is 2.56. The zero-order valence-corrected chi connectivity index (χ0v) is 19.4. The SMILES string of the molecule is O=C(CCn1c2c(c3ccccc31)CCn1c-2nc2ccccc2c1=O)NCCCn1ccnc1. The Labute approximate surface area is 201 Å². The molecule has 2 aromatic carbocycles. The van der Waals surface area contributed by atoms with Crippen LogP contribution in [0.15, 0.2) is 72.0 Å². The number of nitrogens with zero attached hydrogens (tertiary/aromatic N) is 5. The Hall–Kier alpha value is -4.20. The second kappa shape index (κ2) is 8.87. The van der Waals surface area contributed by atoms with Gasteiger partial charge in [0.1, 0.15) is 0 Å². The zero-order valence-electron chi connectivity index (χ0n) is 19.4. The first-order valence-electron chi connectivity index (χ1n) is 12.0. The van der Waals surface area contributed by atoms with E-state index in [1.165, 1.54) is 5.56 Å². The number of carbonyl (C=O) groups is 1. The average molecular weight is 467 g/mol. The molecule has 35 heavy (non-hydrogen) atoms. The van der Waals surface area contributed by atoms with Crippen LogP contribution in [-0.2, 0) is 30.8 Å². The standard InChI is InChI=1S/C27H26N6O2/c34-24(29-12-5-14-31-17-13-28-18-31)11-16-32-23-9-4-2-6-19(23)20-10-15-33-26(25(20)32)30-22-8-3-1-7-21(22)27(33)35/h1-4,6-9,13,17-18H,5,10-12,14-16H2,(H,29,34).